The number of aliphatic imine (C=N–C) groups is 1. The number of aromatic nitrogens is 2. The Hall–Kier alpha value is -3.57. The number of hydrogen-bond acceptors (Lipinski definition) is 6. The van der Waals surface area contributed by atoms with E-state index in [1.807, 2.05) is 30.3 Å². The summed E-state index contributed by atoms with van der Waals surface area (Å²) in [4.78, 5) is 19.7. The van der Waals surface area contributed by atoms with Crippen molar-refractivity contribution in [2.45, 2.75) is 13.0 Å². The van der Waals surface area contributed by atoms with E-state index >= 15 is 0 Å². The smallest absolute Gasteiger partial charge is 0.240 e. The molecule has 1 N–H and O–H groups in total. The highest BCUT2D eigenvalue weighted by Crippen LogP contribution is 2.38. The van der Waals surface area contributed by atoms with Crippen LogP contribution in [-0.4, -0.2) is 49.1 Å². The third-order valence-electron chi connectivity index (χ3n) is 5.28. The molecule has 1 aromatic heterocycles. The second-order valence-electron chi connectivity index (χ2n) is 7.03. The maximum atomic E-state index is 11.1. The first kappa shape index (κ1) is 18.8. The van der Waals surface area contributed by atoms with Gasteiger partial charge in [-0.1, -0.05) is 18.2 Å². The number of isocyanates is 1. The highest BCUT2D eigenvalue weighted by atomic mass is 16.5. The van der Waals surface area contributed by atoms with Gasteiger partial charge < -0.3 is 14.5 Å². The van der Waals surface area contributed by atoms with E-state index in [2.05, 4.69) is 56.2 Å². The van der Waals surface area contributed by atoms with Crippen molar-refractivity contribution in [2.24, 2.45) is 4.99 Å². The number of H-pyrrole nitrogens is 1. The van der Waals surface area contributed by atoms with Gasteiger partial charge in [0.25, 0.3) is 0 Å². The molecule has 1 unspecified atom stereocenters. The Morgan fingerprint density at radius 1 is 1.14 bits per heavy atom. The average Bonchev–Trinajstić information content (AvgIpc) is 3.18. The van der Waals surface area contributed by atoms with E-state index in [0.717, 1.165) is 30.9 Å². The van der Waals surface area contributed by atoms with E-state index in [1.165, 1.54) is 5.69 Å². The second kappa shape index (κ2) is 8.20. The summed E-state index contributed by atoms with van der Waals surface area (Å²) in [6, 6.07) is 18.1. The van der Waals surface area contributed by atoms with Crippen molar-refractivity contribution in [3.05, 3.63) is 54.6 Å². The van der Waals surface area contributed by atoms with Crippen LogP contribution in [0, 0.1) is 0 Å². The molecular formula is C22H23N5O2. The highest BCUT2D eigenvalue weighted by molar-refractivity contribution is 5.83. The zero-order valence-corrected chi connectivity index (χ0v) is 16.5. The molecule has 2 heterocycles. The van der Waals surface area contributed by atoms with Crippen molar-refractivity contribution in [1.82, 2.24) is 10.2 Å². The molecule has 2 aromatic carbocycles. The monoisotopic (exact) mass is 389 g/mol. The molecule has 0 amide bonds. The summed E-state index contributed by atoms with van der Waals surface area (Å²) in [6.45, 7) is 4.66. The Morgan fingerprint density at radius 2 is 1.90 bits per heavy atom. The Kier molecular flexibility index (Phi) is 5.31. The molecule has 7 nitrogen and oxygen atoms in total. The molecule has 148 valence electrons. The molecule has 7 heteroatoms. The Bertz CT molecular complexity index is 1010. The quantitative estimate of drug-likeness (QED) is 0.531. The summed E-state index contributed by atoms with van der Waals surface area (Å²) in [5, 5.41) is 7.56. The van der Waals surface area contributed by atoms with E-state index in [4.69, 9.17) is 4.74 Å². The summed E-state index contributed by atoms with van der Waals surface area (Å²) in [5.74, 6) is 1.44. The minimum Gasteiger partial charge on any atom is -0.497 e. The Balaban J connectivity index is 1.61. The lowest BCUT2D eigenvalue weighted by atomic mass is 10.1. The molecule has 4 rings (SSSR count). The number of aromatic amines is 1. The number of rotatable bonds is 5. The number of carbonyl (C=O) groups excluding carboxylic acids is 1. The van der Waals surface area contributed by atoms with Gasteiger partial charge in [-0.05, 0) is 43.3 Å². The lowest BCUT2D eigenvalue weighted by Gasteiger charge is -2.41. The molecule has 1 fully saturated rings. The maximum Gasteiger partial charge on any atom is 0.240 e. The summed E-state index contributed by atoms with van der Waals surface area (Å²) in [7, 11) is 1.63. The molecule has 0 aliphatic carbocycles. The van der Waals surface area contributed by atoms with Gasteiger partial charge >= 0.3 is 0 Å². The van der Waals surface area contributed by atoms with Gasteiger partial charge in [0.15, 0.2) is 5.82 Å². The topological polar surface area (TPSA) is 73.8 Å². The van der Waals surface area contributed by atoms with Crippen LogP contribution in [0.25, 0.3) is 11.3 Å². The largest absolute Gasteiger partial charge is 0.497 e. The molecule has 3 aromatic rings. The van der Waals surface area contributed by atoms with Crippen LogP contribution in [0.4, 0.5) is 17.2 Å². The van der Waals surface area contributed by atoms with E-state index in [1.54, 1.807) is 13.2 Å². The number of piperazine rings is 1. The molecule has 1 saturated heterocycles. The van der Waals surface area contributed by atoms with E-state index in [-0.39, 0.29) is 6.04 Å². The van der Waals surface area contributed by atoms with Gasteiger partial charge in [-0.25, -0.2) is 4.79 Å². The molecule has 0 saturated carbocycles. The fourth-order valence-electron chi connectivity index (χ4n) is 3.78. The third-order valence-corrected chi connectivity index (χ3v) is 5.28. The van der Waals surface area contributed by atoms with Gasteiger partial charge in [0, 0.05) is 36.9 Å². The SMILES string of the molecule is COc1ccc(-c2[nH]nc(N3CCN(c4ccccc4)CC3C)c2N=C=O)cc1. The fourth-order valence-corrected chi connectivity index (χ4v) is 3.78. The van der Waals surface area contributed by atoms with E-state index in [9.17, 15) is 4.79 Å². The molecule has 0 spiro atoms. The first-order chi connectivity index (χ1) is 14.2. The number of ether oxygens (including phenoxy) is 1. The molecule has 1 aliphatic heterocycles. The van der Waals surface area contributed by atoms with Gasteiger partial charge in [0.1, 0.15) is 11.4 Å². The van der Waals surface area contributed by atoms with E-state index in [0.29, 0.717) is 17.2 Å². The van der Waals surface area contributed by atoms with Crippen molar-refractivity contribution in [3.63, 3.8) is 0 Å². The Morgan fingerprint density at radius 3 is 2.55 bits per heavy atom. The van der Waals surface area contributed by atoms with Crippen LogP contribution in [0.5, 0.6) is 5.75 Å². The van der Waals surface area contributed by atoms with Crippen molar-refractivity contribution < 1.29 is 9.53 Å². The van der Waals surface area contributed by atoms with Crippen LogP contribution in [-0.2, 0) is 4.79 Å². The summed E-state index contributed by atoms with van der Waals surface area (Å²) < 4.78 is 5.22. The minimum atomic E-state index is 0.205. The predicted octanol–water partition coefficient (Wildman–Crippen LogP) is 3.77. The van der Waals surface area contributed by atoms with Gasteiger partial charge in [0.05, 0.1) is 12.8 Å². The third kappa shape index (κ3) is 3.73. The van der Waals surface area contributed by atoms with Crippen LogP contribution in [0.15, 0.2) is 59.6 Å². The van der Waals surface area contributed by atoms with Gasteiger partial charge in [-0.3, -0.25) is 5.10 Å². The normalized spacial score (nSPS) is 16.4. The zero-order chi connectivity index (χ0) is 20.2. The predicted molar refractivity (Wildman–Crippen MR) is 114 cm³/mol. The lowest BCUT2D eigenvalue weighted by Crippen LogP contribution is -2.52. The van der Waals surface area contributed by atoms with Crippen LogP contribution >= 0.6 is 0 Å². The van der Waals surface area contributed by atoms with Crippen LogP contribution in [0.3, 0.4) is 0 Å². The van der Waals surface area contributed by atoms with Crippen molar-refractivity contribution in [1.29, 1.82) is 0 Å². The first-order valence-corrected chi connectivity index (χ1v) is 9.58. The summed E-state index contributed by atoms with van der Waals surface area (Å²) in [5.41, 5.74) is 3.31. The molecule has 0 bridgehead atoms. The van der Waals surface area contributed by atoms with Crippen LogP contribution < -0.4 is 14.5 Å². The lowest BCUT2D eigenvalue weighted by molar-refractivity contribution is 0.415. The van der Waals surface area contributed by atoms with Crippen molar-refractivity contribution >= 4 is 23.3 Å². The van der Waals surface area contributed by atoms with Gasteiger partial charge in [-0.2, -0.15) is 10.1 Å². The minimum absolute atomic E-state index is 0.205. The highest BCUT2D eigenvalue weighted by Gasteiger charge is 2.29. The number of benzene rings is 2. The number of para-hydroxylation sites is 1. The van der Waals surface area contributed by atoms with Crippen molar-refractivity contribution in [3.8, 4) is 17.0 Å². The maximum absolute atomic E-state index is 11.1. The molecular weight excluding hydrogens is 366 g/mol. The summed E-state index contributed by atoms with van der Waals surface area (Å²) in [6.07, 6.45) is 1.68. The van der Waals surface area contributed by atoms with E-state index < -0.39 is 0 Å². The number of anilines is 2. The van der Waals surface area contributed by atoms with Crippen LogP contribution in [0.2, 0.25) is 0 Å². The number of hydrogen-bond donors (Lipinski definition) is 1. The molecule has 1 aliphatic rings. The Labute approximate surface area is 169 Å². The fraction of sp³-hybridized carbons (Fsp3) is 0.273. The average molecular weight is 389 g/mol. The van der Waals surface area contributed by atoms with Gasteiger partial charge in [0.2, 0.25) is 6.08 Å². The van der Waals surface area contributed by atoms with Crippen molar-refractivity contribution in [2.75, 3.05) is 36.5 Å². The number of nitrogens with zero attached hydrogens (tertiary/aromatic N) is 4. The first-order valence-electron chi connectivity index (χ1n) is 9.58. The molecule has 1 atom stereocenters. The second-order valence-corrected chi connectivity index (χ2v) is 7.03. The standard InChI is InChI=1S/C22H23N5O2/c1-16-14-26(18-6-4-3-5-7-18)12-13-27(16)22-21(23-15-28)20(24-25-22)17-8-10-19(29-2)11-9-17/h3-11,16H,12-14H2,1-2H3,(H,24,25). The van der Waals surface area contributed by atoms with Gasteiger partial charge in [-0.15, -0.1) is 0 Å². The summed E-state index contributed by atoms with van der Waals surface area (Å²) >= 11 is 0. The number of methoxy groups -OCH3 is 1. The number of nitrogens with one attached hydrogen (secondary N) is 1. The zero-order valence-electron chi connectivity index (χ0n) is 16.5. The van der Waals surface area contributed by atoms with Crippen LogP contribution in [0.1, 0.15) is 6.92 Å². The molecule has 0 radical (unpaired) electrons. The molecule has 29 heavy (non-hydrogen) atoms.